The van der Waals surface area contributed by atoms with Crippen LogP contribution in [0.5, 0.6) is 0 Å². The molecular formula is C15H32NPS. The van der Waals surface area contributed by atoms with Crippen molar-refractivity contribution in [3.05, 3.63) is 6.29 Å². The van der Waals surface area contributed by atoms with Crippen LogP contribution in [0, 0.1) is 6.29 Å². The lowest BCUT2D eigenvalue weighted by Crippen LogP contribution is -2.39. The highest BCUT2D eigenvalue weighted by atomic mass is 32.4. The van der Waals surface area contributed by atoms with Gasteiger partial charge < -0.3 is 0 Å². The summed E-state index contributed by atoms with van der Waals surface area (Å²) < 4.78 is 0. The molecule has 1 nitrogen and oxygen atoms in total. The Bertz CT molecular complexity index is 281. The Hall–Kier alpha value is 0.610. The van der Waals surface area contributed by atoms with Gasteiger partial charge in [-0.1, -0.05) is 53.3 Å². The summed E-state index contributed by atoms with van der Waals surface area (Å²) in [6.45, 7) is 22.5. The van der Waals surface area contributed by atoms with Gasteiger partial charge in [-0.25, -0.2) is 0 Å². The Morgan fingerprint density at radius 1 is 0.833 bits per heavy atom. The summed E-state index contributed by atoms with van der Waals surface area (Å²) in [7, 11) is 0. The molecule has 3 heteroatoms. The molecule has 0 aliphatic heterocycles. The maximum Gasteiger partial charge on any atom is 0.103 e. The third kappa shape index (κ3) is 4.05. The van der Waals surface area contributed by atoms with Gasteiger partial charge in [0.15, 0.2) is 0 Å². The normalized spacial score (nSPS) is 14.9. The number of hydrogen-bond donors (Lipinski definition) is 0. The molecule has 0 N–H and O–H groups in total. The second-order valence-electron chi connectivity index (χ2n) is 7.65. The molecule has 108 valence electrons. The van der Waals surface area contributed by atoms with Crippen LogP contribution in [0.25, 0.3) is 0 Å². The molecule has 0 amide bonds. The minimum Gasteiger partial charge on any atom is -0.284 e. The van der Waals surface area contributed by atoms with Gasteiger partial charge in [-0.05, 0) is 44.0 Å². The Balaban J connectivity index is 5.47. The second kappa shape index (κ2) is 5.94. The first-order valence-corrected chi connectivity index (χ1v) is 9.71. The summed E-state index contributed by atoms with van der Waals surface area (Å²) in [5, 5.41) is 0.227. The molecule has 0 fully saturated rings. The van der Waals surface area contributed by atoms with E-state index in [0.717, 1.165) is 0 Å². The van der Waals surface area contributed by atoms with E-state index in [0.29, 0.717) is 12.1 Å². The van der Waals surface area contributed by atoms with E-state index in [1.807, 2.05) is 0 Å². The molecule has 0 bridgehead atoms. The smallest absolute Gasteiger partial charge is 0.103 e. The zero-order valence-corrected chi connectivity index (χ0v) is 15.7. The van der Waals surface area contributed by atoms with Crippen molar-refractivity contribution in [1.29, 1.82) is 0 Å². The van der Waals surface area contributed by atoms with Gasteiger partial charge in [-0.2, -0.15) is 0 Å². The third-order valence-electron chi connectivity index (χ3n) is 3.26. The van der Waals surface area contributed by atoms with Crippen LogP contribution < -0.4 is 0 Å². The molecule has 0 aromatic heterocycles. The number of hydrogen-bond acceptors (Lipinski definition) is 2. The van der Waals surface area contributed by atoms with Crippen molar-refractivity contribution in [3.63, 3.8) is 0 Å². The molecule has 0 spiro atoms. The largest absolute Gasteiger partial charge is 0.284 e. The number of nitrogens with zero attached hydrogens (tertiary/aromatic N) is 1. The zero-order chi connectivity index (χ0) is 14.9. The molecule has 0 aliphatic rings. The van der Waals surface area contributed by atoms with Crippen LogP contribution in [0.15, 0.2) is 0 Å². The first-order valence-electron chi connectivity index (χ1n) is 6.90. The lowest BCUT2D eigenvalue weighted by Gasteiger charge is -2.48. The van der Waals surface area contributed by atoms with E-state index in [4.69, 9.17) is 11.8 Å². The van der Waals surface area contributed by atoms with Gasteiger partial charge in [0.05, 0.1) is 0 Å². The Morgan fingerprint density at radius 2 is 1.11 bits per heavy atom. The van der Waals surface area contributed by atoms with Crippen molar-refractivity contribution in [2.24, 2.45) is 0 Å². The molecule has 0 atom stereocenters. The first kappa shape index (κ1) is 18.6. The lowest BCUT2D eigenvalue weighted by atomic mass is 10.2. The summed E-state index contributed by atoms with van der Waals surface area (Å²) >= 11 is 6.15. The van der Waals surface area contributed by atoms with E-state index in [-0.39, 0.29) is 10.3 Å². The van der Waals surface area contributed by atoms with Gasteiger partial charge in [0.1, 0.15) is 6.29 Å². The molecule has 0 rings (SSSR count). The molecule has 0 aromatic carbocycles. The topological polar surface area (TPSA) is 3.24 Å². The molecule has 0 unspecified atom stereocenters. The maximum atomic E-state index is 6.15. The summed E-state index contributed by atoms with van der Waals surface area (Å²) in [5.41, 5.74) is 0. The fourth-order valence-electron chi connectivity index (χ4n) is 2.30. The quantitative estimate of drug-likeness (QED) is 0.518. The van der Waals surface area contributed by atoms with E-state index in [1.54, 1.807) is 0 Å². The maximum absolute atomic E-state index is 6.15. The predicted octanol–water partition coefficient (Wildman–Crippen LogP) is 5.18. The van der Waals surface area contributed by atoms with Crippen LogP contribution in [-0.4, -0.2) is 27.3 Å². The van der Waals surface area contributed by atoms with Crippen molar-refractivity contribution >= 4 is 17.8 Å². The minimum atomic E-state index is -1.74. The molecule has 0 saturated heterocycles. The van der Waals surface area contributed by atoms with Crippen LogP contribution >= 0.6 is 6.04 Å². The molecule has 2 radical (unpaired) electrons. The van der Waals surface area contributed by atoms with Crippen LogP contribution in [0.4, 0.5) is 0 Å². The van der Waals surface area contributed by atoms with E-state index in [1.165, 1.54) is 0 Å². The van der Waals surface area contributed by atoms with Crippen molar-refractivity contribution in [3.8, 4) is 0 Å². The molecule has 0 aliphatic carbocycles. The highest BCUT2D eigenvalue weighted by molar-refractivity contribution is 8.17. The Kier molecular flexibility index (Phi) is 6.14. The predicted molar refractivity (Wildman–Crippen MR) is 89.1 cm³/mol. The van der Waals surface area contributed by atoms with E-state index >= 15 is 0 Å². The van der Waals surface area contributed by atoms with Gasteiger partial charge in [0.2, 0.25) is 0 Å². The SMILES string of the molecule is CC(C)N([C]P(=S)(C(C)(C)C)C(C)(C)C)C(C)C. The molecule has 18 heavy (non-hydrogen) atoms. The summed E-state index contributed by atoms with van der Waals surface area (Å²) in [4.78, 5) is 2.33. The standard InChI is InChI=1S/C15H32NPS/c1-12(2)16(13(3)4)11-17(18,14(5,6)7)15(8,9)10/h12-13H,1-10H3. The second-order valence-corrected chi connectivity index (χ2v) is 13.4. The fourth-order valence-corrected chi connectivity index (χ4v) is 5.98. The van der Waals surface area contributed by atoms with Crippen molar-refractivity contribution in [2.45, 2.75) is 91.6 Å². The average molecular weight is 289 g/mol. The summed E-state index contributed by atoms with van der Waals surface area (Å²) in [5.74, 6) is 0. The average Bonchev–Trinajstić information content (AvgIpc) is 2.08. The van der Waals surface area contributed by atoms with Gasteiger partial charge in [0.25, 0.3) is 0 Å². The molecule has 0 heterocycles. The van der Waals surface area contributed by atoms with Crippen molar-refractivity contribution < 1.29 is 0 Å². The van der Waals surface area contributed by atoms with Crippen molar-refractivity contribution in [1.82, 2.24) is 4.90 Å². The summed E-state index contributed by atoms with van der Waals surface area (Å²) in [6, 6.07) is -0.830. The van der Waals surface area contributed by atoms with Crippen molar-refractivity contribution in [2.75, 3.05) is 0 Å². The lowest BCUT2D eigenvalue weighted by molar-refractivity contribution is 0.240. The van der Waals surface area contributed by atoms with Crippen LogP contribution in [-0.2, 0) is 11.8 Å². The highest BCUT2D eigenvalue weighted by Crippen LogP contribution is 2.69. The monoisotopic (exact) mass is 289 g/mol. The van der Waals surface area contributed by atoms with Crippen LogP contribution in [0.3, 0.4) is 0 Å². The van der Waals surface area contributed by atoms with E-state index in [9.17, 15) is 0 Å². The van der Waals surface area contributed by atoms with Gasteiger partial charge in [-0.3, -0.25) is 4.90 Å². The molecular weight excluding hydrogens is 257 g/mol. The van der Waals surface area contributed by atoms with E-state index < -0.39 is 6.04 Å². The van der Waals surface area contributed by atoms with Crippen LogP contribution in [0.1, 0.15) is 69.2 Å². The van der Waals surface area contributed by atoms with Crippen LogP contribution in [0.2, 0.25) is 0 Å². The van der Waals surface area contributed by atoms with Gasteiger partial charge in [-0.15, -0.1) is 0 Å². The fraction of sp³-hybridized carbons (Fsp3) is 0.933. The Labute approximate surface area is 121 Å². The minimum absolute atomic E-state index is 0.114. The Morgan fingerprint density at radius 3 is 1.28 bits per heavy atom. The zero-order valence-electron chi connectivity index (χ0n) is 14.0. The molecule has 0 saturated carbocycles. The van der Waals surface area contributed by atoms with Gasteiger partial charge in [0, 0.05) is 12.1 Å². The van der Waals surface area contributed by atoms with Gasteiger partial charge >= 0.3 is 0 Å². The summed E-state index contributed by atoms with van der Waals surface area (Å²) in [6.07, 6.45) is 3.77. The highest BCUT2D eigenvalue weighted by Gasteiger charge is 2.44. The first-order chi connectivity index (χ1) is 7.74. The molecule has 0 aromatic rings. The number of rotatable bonds is 4. The third-order valence-corrected chi connectivity index (χ3v) is 11.1. The van der Waals surface area contributed by atoms with E-state index in [2.05, 4.69) is 80.4 Å².